The van der Waals surface area contributed by atoms with Gasteiger partial charge in [0.05, 0.1) is 6.54 Å². The van der Waals surface area contributed by atoms with Crippen molar-refractivity contribution < 1.29 is 0 Å². The maximum Gasteiger partial charge on any atom is 0.229 e. The van der Waals surface area contributed by atoms with E-state index in [-0.39, 0.29) is 5.95 Å². The summed E-state index contributed by atoms with van der Waals surface area (Å²) in [5, 5.41) is 0.522. The Labute approximate surface area is 147 Å². The number of thioether (sulfide) groups is 1. The summed E-state index contributed by atoms with van der Waals surface area (Å²) in [4.78, 5) is 17.4. The lowest BCUT2D eigenvalue weighted by Crippen LogP contribution is -2.40. The van der Waals surface area contributed by atoms with Crippen LogP contribution in [0.25, 0.3) is 0 Å². The fourth-order valence-corrected chi connectivity index (χ4v) is 4.29. The van der Waals surface area contributed by atoms with E-state index in [0.29, 0.717) is 23.8 Å². The molecule has 1 aromatic carbocycles. The number of rotatable bonds is 4. The molecule has 2 N–H and O–H groups in total. The molecule has 1 aliphatic rings. The third-order valence-electron chi connectivity index (χ3n) is 4.17. The molecule has 0 bridgehead atoms. The van der Waals surface area contributed by atoms with Gasteiger partial charge in [-0.05, 0) is 5.56 Å². The van der Waals surface area contributed by atoms with Gasteiger partial charge in [-0.2, -0.15) is 26.7 Å². The molecule has 7 heteroatoms. The van der Waals surface area contributed by atoms with E-state index in [2.05, 4.69) is 57.1 Å². The number of aromatic nitrogens is 3. The molecule has 0 saturated carbocycles. The number of anilines is 2. The van der Waals surface area contributed by atoms with Crippen molar-refractivity contribution >= 4 is 23.7 Å². The predicted octanol–water partition coefficient (Wildman–Crippen LogP) is 2.20. The van der Waals surface area contributed by atoms with Crippen LogP contribution in [-0.2, 0) is 6.54 Å². The lowest BCUT2D eigenvalue weighted by molar-refractivity contribution is 0.187. The van der Waals surface area contributed by atoms with E-state index in [1.165, 1.54) is 5.56 Å². The fourth-order valence-electron chi connectivity index (χ4n) is 3.07. The largest absolute Gasteiger partial charge is 0.368 e. The van der Waals surface area contributed by atoms with Gasteiger partial charge in [-0.1, -0.05) is 37.3 Å². The van der Waals surface area contributed by atoms with Crippen molar-refractivity contribution in [2.45, 2.75) is 24.8 Å². The zero-order valence-corrected chi connectivity index (χ0v) is 15.2. The molecule has 24 heavy (non-hydrogen) atoms. The summed E-state index contributed by atoms with van der Waals surface area (Å²) in [6.07, 6.45) is 0. The average Bonchev–Trinajstić information content (AvgIpc) is 2.55. The minimum absolute atomic E-state index is 0.277. The lowest BCUT2D eigenvalue weighted by atomic mass is 10.0. The summed E-state index contributed by atoms with van der Waals surface area (Å²) < 4.78 is 0. The molecule has 1 fully saturated rings. The monoisotopic (exact) mass is 344 g/mol. The van der Waals surface area contributed by atoms with Crippen LogP contribution < -0.4 is 10.6 Å². The Hall–Kier alpha value is -1.86. The number of nitrogens with zero attached hydrogens (tertiary/aromatic N) is 5. The molecule has 128 valence electrons. The zero-order valence-electron chi connectivity index (χ0n) is 14.4. The van der Waals surface area contributed by atoms with Crippen LogP contribution in [0.2, 0.25) is 0 Å². The highest BCUT2D eigenvalue weighted by Gasteiger charge is 2.31. The summed E-state index contributed by atoms with van der Waals surface area (Å²) in [5.74, 6) is 2.73. The highest BCUT2D eigenvalue weighted by molar-refractivity contribution is 8.00. The number of nitrogens with two attached hydrogens (primary N) is 1. The Kier molecular flexibility index (Phi) is 5.20. The Morgan fingerprint density at radius 1 is 1.21 bits per heavy atom. The first-order valence-corrected chi connectivity index (χ1v) is 9.18. The van der Waals surface area contributed by atoms with E-state index in [1.54, 1.807) is 0 Å². The summed E-state index contributed by atoms with van der Waals surface area (Å²) in [6.45, 7) is 3.98. The first kappa shape index (κ1) is 17.0. The van der Waals surface area contributed by atoms with Crippen molar-refractivity contribution in [3.8, 4) is 0 Å². The predicted molar refractivity (Wildman–Crippen MR) is 100 cm³/mol. The van der Waals surface area contributed by atoms with Crippen molar-refractivity contribution in [3.05, 3.63) is 41.7 Å². The van der Waals surface area contributed by atoms with E-state index < -0.39 is 0 Å². The minimum atomic E-state index is 0.277. The number of benzene rings is 1. The molecule has 2 atom stereocenters. The molecule has 3 rings (SSSR count). The average molecular weight is 344 g/mol. The molecule has 0 spiro atoms. The smallest absolute Gasteiger partial charge is 0.229 e. The fraction of sp³-hybridized carbons (Fsp3) is 0.471. The van der Waals surface area contributed by atoms with Crippen LogP contribution in [0.3, 0.4) is 0 Å². The van der Waals surface area contributed by atoms with Gasteiger partial charge in [-0.3, -0.25) is 4.90 Å². The van der Waals surface area contributed by atoms with Crippen LogP contribution in [0, 0.1) is 0 Å². The maximum atomic E-state index is 5.86. The molecule has 2 aromatic rings. The quantitative estimate of drug-likeness (QED) is 0.911. The third-order valence-corrected chi connectivity index (χ3v) is 5.37. The summed E-state index contributed by atoms with van der Waals surface area (Å²) >= 11 is 2.02. The molecule has 1 saturated heterocycles. The molecule has 0 radical (unpaired) electrons. The zero-order chi connectivity index (χ0) is 17.1. The van der Waals surface area contributed by atoms with E-state index in [4.69, 9.17) is 5.73 Å². The van der Waals surface area contributed by atoms with Crippen molar-refractivity contribution in [1.82, 2.24) is 19.9 Å². The standard InChI is InChI=1S/C17H24N6S/c1-12-15(13-7-5-4-6-8-13)23(9-10-24-12)11-14-19-16(18)21-17(20-14)22(2)3/h4-8,12,15H,9-11H2,1-3H3,(H2,18,19,20,21)/t12-,15+/m0/s1. The van der Waals surface area contributed by atoms with Crippen molar-refractivity contribution in [1.29, 1.82) is 0 Å². The lowest BCUT2D eigenvalue weighted by Gasteiger charge is -2.39. The number of hydrogen-bond acceptors (Lipinski definition) is 7. The van der Waals surface area contributed by atoms with E-state index >= 15 is 0 Å². The van der Waals surface area contributed by atoms with Crippen LogP contribution in [-0.4, -0.2) is 51.5 Å². The molecule has 1 aliphatic heterocycles. The SMILES string of the molecule is C[C@@H]1SCCN(Cc2nc(N)nc(N(C)C)n2)[C@H]1c1ccccc1. The van der Waals surface area contributed by atoms with E-state index in [1.807, 2.05) is 30.8 Å². The Morgan fingerprint density at radius 3 is 2.67 bits per heavy atom. The minimum Gasteiger partial charge on any atom is -0.368 e. The molecule has 0 amide bonds. The normalized spacial score (nSPS) is 21.6. The Morgan fingerprint density at radius 2 is 1.96 bits per heavy atom. The summed E-state index contributed by atoms with van der Waals surface area (Å²) in [7, 11) is 3.82. The third kappa shape index (κ3) is 3.79. The Balaban J connectivity index is 1.87. The topological polar surface area (TPSA) is 71.2 Å². The van der Waals surface area contributed by atoms with Crippen molar-refractivity contribution in [3.63, 3.8) is 0 Å². The van der Waals surface area contributed by atoms with Gasteiger partial charge in [0.25, 0.3) is 0 Å². The summed E-state index contributed by atoms with van der Waals surface area (Å²) in [5.41, 5.74) is 7.20. The second-order valence-electron chi connectivity index (χ2n) is 6.21. The van der Waals surface area contributed by atoms with Gasteiger partial charge >= 0.3 is 0 Å². The molecular weight excluding hydrogens is 320 g/mol. The first-order valence-electron chi connectivity index (χ1n) is 8.13. The van der Waals surface area contributed by atoms with Crippen molar-refractivity contribution in [2.75, 3.05) is 37.0 Å². The van der Waals surface area contributed by atoms with E-state index in [0.717, 1.165) is 18.1 Å². The number of hydrogen-bond donors (Lipinski definition) is 1. The Bertz CT molecular complexity index is 678. The van der Waals surface area contributed by atoms with Gasteiger partial charge in [0, 0.05) is 37.7 Å². The highest BCUT2D eigenvalue weighted by Crippen LogP contribution is 2.36. The van der Waals surface area contributed by atoms with Crippen LogP contribution in [0.5, 0.6) is 0 Å². The number of nitrogen functional groups attached to an aromatic ring is 1. The molecule has 0 aliphatic carbocycles. The first-order chi connectivity index (χ1) is 11.5. The molecule has 2 heterocycles. The molecular formula is C17H24N6S. The highest BCUT2D eigenvalue weighted by atomic mass is 32.2. The maximum absolute atomic E-state index is 5.86. The van der Waals surface area contributed by atoms with Crippen LogP contribution in [0.15, 0.2) is 30.3 Å². The van der Waals surface area contributed by atoms with Gasteiger partial charge < -0.3 is 10.6 Å². The van der Waals surface area contributed by atoms with Crippen molar-refractivity contribution in [2.24, 2.45) is 0 Å². The van der Waals surface area contributed by atoms with E-state index in [9.17, 15) is 0 Å². The van der Waals surface area contributed by atoms with Gasteiger partial charge in [0.2, 0.25) is 11.9 Å². The van der Waals surface area contributed by atoms with Gasteiger partial charge in [-0.15, -0.1) is 0 Å². The second kappa shape index (κ2) is 7.36. The van der Waals surface area contributed by atoms with Crippen LogP contribution >= 0.6 is 11.8 Å². The molecule has 0 unspecified atom stereocenters. The van der Waals surface area contributed by atoms with Gasteiger partial charge in [-0.25, -0.2) is 0 Å². The second-order valence-corrected chi connectivity index (χ2v) is 7.69. The molecule has 1 aromatic heterocycles. The van der Waals surface area contributed by atoms with Crippen LogP contribution in [0.1, 0.15) is 24.4 Å². The molecule has 6 nitrogen and oxygen atoms in total. The summed E-state index contributed by atoms with van der Waals surface area (Å²) in [6, 6.07) is 11.0. The van der Waals surface area contributed by atoms with Gasteiger partial charge in [0.15, 0.2) is 0 Å². The van der Waals surface area contributed by atoms with Crippen LogP contribution in [0.4, 0.5) is 11.9 Å². The van der Waals surface area contributed by atoms with Gasteiger partial charge in [0.1, 0.15) is 5.82 Å².